The summed E-state index contributed by atoms with van der Waals surface area (Å²) in [6.07, 6.45) is 1.85. The fraction of sp³-hybridized carbons (Fsp3) is 0.192. The van der Waals surface area contributed by atoms with E-state index < -0.39 is 5.97 Å². The number of anilines is 1. The third-order valence-corrected chi connectivity index (χ3v) is 6.35. The predicted octanol–water partition coefficient (Wildman–Crippen LogP) is 4.60. The Balaban J connectivity index is 0.000000795. The van der Waals surface area contributed by atoms with Gasteiger partial charge in [-0.05, 0) is 19.9 Å². The van der Waals surface area contributed by atoms with E-state index in [4.69, 9.17) is 19.4 Å². The number of nitrogens with one attached hydrogen (secondary N) is 1. The van der Waals surface area contributed by atoms with Gasteiger partial charge < -0.3 is 9.84 Å². The van der Waals surface area contributed by atoms with E-state index in [1.54, 1.807) is 0 Å². The Labute approximate surface area is 226 Å². The standard InChI is InChI=1S/C24H21N2O3S.C2H4O2.Na/c1-3-28-20-12-8-9-16-13-17(21(29-4-2)15-19(16)20)14-22-23(27)26-24(30-22)25-18-10-6-5-7-11-18;1-2(3)4;/h6-15H,3-4H2,1-2H3,(H,25,26,27);1H3,(H,3,4);. The summed E-state index contributed by atoms with van der Waals surface area (Å²) in [6, 6.07) is 18.1. The van der Waals surface area contributed by atoms with Crippen molar-refractivity contribution in [2.75, 3.05) is 18.5 Å². The van der Waals surface area contributed by atoms with Crippen LogP contribution in [0.4, 0.5) is 5.69 Å². The van der Waals surface area contributed by atoms with Crippen molar-refractivity contribution in [3.63, 3.8) is 0 Å². The number of carboxylic acid groups (broad SMARTS) is 1. The Morgan fingerprint density at radius 3 is 2.40 bits per heavy atom. The Morgan fingerprint density at radius 2 is 1.74 bits per heavy atom. The SMILES string of the molecule is CC(=O)O.CCOc1cc2c(OCC)cccc2cc1C=C1SC(Nc2cc[c]([Na])cc2)=NC1=O. The van der Waals surface area contributed by atoms with Crippen LogP contribution in [-0.2, 0) is 9.59 Å². The molecule has 0 radical (unpaired) electrons. The van der Waals surface area contributed by atoms with Gasteiger partial charge in [-0.15, -0.1) is 0 Å². The predicted molar refractivity (Wildman–Crippen MR) is 143 cm³/mol. The molecule has 0 atom stereocenters. The van der Waals surface area contributed by atoms with E-state index in [-0.39, 0.29) is 5.91 Å². The molecule has 0 aromatic heterocycles. The first kappa shape index (κ1) is 26.8. The molecule has 1 amide bonds. The number of rotatable bonds is 6. The average Bonchev–Trinajstić information content (AvgIpc) is 3.14. The second-order valence-electron chi connectivity index (χ2n) is 7.58. The number of aliphatic imine (C=N–C) groups is 1. The molecule has 0 bridgehead atoms. The molecule has 3 aromatic rings. The van der Waals surface area contributed by atoms with Crippen molar-refractivity contribution in [2.24, 2.45) is 4.99 Å². The summed E-state index contributed by atoms with van der Waals surface area (Å²) < 4.78 is 13.0. The number of amides is 1. The van der Waals surface area contributed by atoms with Gasteiger partial charge in [0.25, 0.3) is 5.97 Å². The van der Waals surface area contributed by atoms with E-state index in [2.05, 4.69) is 22.4 Å². The van der Waals surface area contributed by atoms with Crippen molar-refractivity contribution in [1.82, 2.24) is 0 Å². The summed E-state index contributed by atoms with van der Waals surface area (Å²) in [4.78, 5) is 26.3. The summed E-state index contributed by atoms with van der Waals surface area (Å²) in [5.41, 5.74) is 1.76. The second kappa shape index (κ2) is 12.8. The number of amidine groups is 1. The molecular formula is C26H25N2NaO5S. The van der Waals surface area contributed by atoms with Crippen molar-refractivity contribution < 1.29 is 24.2 Å². The van der Waals surface area contributed by atoms with E-state index in [0.717, 1.165) is 62.6 Å². The summed E-state index contributed by atoms with van der Waals surface area (Å²) in [5.74, 6) is 0.451. The second-order valence-corrected chi connectivity index (χ2v) is 9.76. The number of aliphatic carboxylic acids is 1. The van der Waals surface area contributed by atoms with Gasteiger partial charge in [0.15, 0.2) is 0 Å². The van der Waals surface area contributed by atoms with E-state index in [0.29, 0.717) is 29.0 Å². The van der Waals surface area contributed by atoms with Crippen LogP contribution in [0.2, 0.25) is 0 Å². The molecule has 0 saturated carbocycles. The Hall–Kier alpha value is -2.78. The van der Waals surface area contributed by atoms with Gasteiger partial charge in [0.05, 0.1) is 13.2 Å². The number of carboxylic acids is 1. The van der Waals surface area contributed by atoms with Crippen LogP contribution in [-0.4, -0.2) is 63.3 Å². The zero-order chi connectivity index (χ0) is 25.4. The fourth-order valence-electron chi connectivity index (χ4n) is 3.33. The van der Waals surface area contributed by atoms with Crippen molar-refractivity contribution in [3.05, 3.63) is 65.1 Å². The molecule has 35 heavy (non-hydrogen) atoms. The van der Waals surface area contributed by atoms with Crippen LogP contribution in [0.25, 0.3) is 16.8 Å². The van der Waals surface area contributed by atoms with Gasteiger partial charge in [0.2, 0.25) is 0 Å². The molecule has 1 aliphatic rings. The first-order valence-corrected chi connectivity index (χ1v) is 13.0. The van der Waals surface area contributed by atoms with E-state index in [9.17, 15) is 4.79 Å². The van der Waals surface area contributed by atoms with E-state index >= 15 is 0 Å². The van der Waals surface area contributed by atoms with Gasteiger partial charge in [-0.25, -0.2) is 0 Å². The van der Waals surface area contributed by atoms with Gasteiger partial charge in [-0.3, -0.25) is 4.79 Å². The Morgan fingerprint density at radius 1 is 1.09 bits per heavy atom. The number of benzene rings is 3. The van der Waals surface area contributed by atoms with Crippen molar-refractivity contribution in [3.8, 4) is 11.5 Å². The van der Waals surface area contributed by atoms with Crippen LogP contribution >= 0.6 is 11.8 Å². The summed E-state index contributed by atoms with van der Waals surface area (Å²) in [6.45, 7) is 6.11. The topological polar surface area (TPSA) is 97.2 Å². The summed E-state index contributed by atoms with van der Waals surface area (Å²) >= 11 is 2.34. The molecule has 7 nitrogen and oxygen atoms in total. The number of nitrogens with zero attached hydrogens (tertiary/aromatic N) is 1. The van der Waals surface area contributed by atoms with Crippen LogP contribution in [0.1, 0.15) is 26.3 Å². The quantitative estimate of drug-likeness (QED) is 0.377. The first-order valence-electron chi connectivity index (χ1n) is 11.2. The normalized spacial score (nSPS) is 13.8. The van der Waals surface area contributed by atoms with Crippen molar-refractivity contribution in [1.29, 1.82) is 0 Å². The van der Waals surface area contributed by atoms with Crippen LogP contribution < -0.4 is 17.6 Å². The van der Waals surface area contributed by atoms with Crippen LogP contribution in [0, 0.1) is 0 Å². The number of thioether (sulfide) groups is 1. The maximum atomic E-state index is 12.5. The molecule has 9 heteroatoms. The van der Waals surface area contributed by atoms with Crippen LogP contribution in [0.15, 0.2) is 64.5 Å². The first-order chi connectivity index (χ1) is 16.8. The Bertz CT molecular complexity index is 1280. The number of hydrogen-bond donors (Lipinski definition) is 2. The third kappa shape index (κ3) is 7.60. The minimum atomic E-state index is -0.833. The number of carbonyl (C=O) groups excluding carboxylic acids is 1. The third-order valence-electron chi connectivity index (χ3n) is 4.78. The van der Waals surface area contributed by atoms with Gasteiger partial charge in [-0.1, -0.05) is 12.1 Å². The van der Waals surface area contributed by atoms with E-state index in [1.165, 1.54) is 14.6 Å². The molecule has 1 aliphatic heterocycles. The zero-order valence-corrected chi connectivity index (χ0v) is 22.9. The molecule has 3 aromatic carbocycles. The number of carbonyl (C=O) groups is 2. The number of hydrogen-bond acceptors (Lipinski definition) is 6. The average molecular weight is 501 g/mol. The molecular weight excluding hydrogens is 475 g/mol. The number of ether oxygens (including phenoxy) is 2. The maximum absolute atomic E-state index is 12.5. The molecule has 4 rings (SSSR count). The van der Waals surface area contributed by atoms with Gasteiger partial charge in [0, 0.05) is 12.3 Å². The van der Waals surface area contributed by atoms with Gasteiger partial charge in [-0.2, -0.15) is 0 Å². The Kier molecular flexibility index (Phi) is 9.80. The van der Waals surface area contributed by atoms with Gasteiger partial charge >= 0.3 is 143 Å². The molecule has 0 saturated heterocycles. The number of fused-ring (bicyclic) bond motifs is 1. The molecule has 2 N–H and O–H groups in total. The zero-order valence-electron chi connectivity index (χ0n) is 20.1. The van der Waals surface area contributed by atoms with Crippen LogP contribution in [0.5, 0.6) is 11.5 Å². The molecule has 0 unspecified atom stereocenters. The fourth-order valence-corrected chi connectivity index (χ4v) is 4.49. The minimum absolute atomic E-state index is 0.252. The monoisotopic (exact) mass is 500 g/mol. The molecule has 1 heterocycles. The molecule has 176 valence electrons. The van der Waals surface area contributed by atoms with Crippen molar-refractivity contribution in [2.45, 2.75) is 20.8 Å². The van der Waals surface area contributed by atoms with Crippen LogP contribution in [0.3, 0.4) is 0 Å². The summed E-state index contributed by atoms with van der Waals surface area (Å²) in [7, 11) is 0. The molecule has 0 fully saturated rings. The summed E-state index contributed by atoms with van der Waals surface area (Å²) in [5, 5.41) is 13.2. The van der Waals surface area contributed by atoms with Gasteiger partial charge in [0.1, 0.15) is 5.75 Å². The molecule has 0 aliphatic carbocycles. The molecule has 0 spiro atoms. The van der Waals surface area contributed by atoms with Crippen molar-refractivity contribution >= 4 is 82.1 Å². The van der Waals surface area contributed by atoms with E-state index in [1.807, 2.05) is 62.4 Å².